The summed E-state index contributed by atoms with van der Waals surface area (Å²) in [7, 11) is 5.99. The Balaban J connectivity index is 1.45. The van der Waals surface area contributed by atoms with Crippen LogP contribution in [0.15, 0.2) is 30.3 Å². The van der Waals surface area contributed by atoms with Gasteiger partial charge in [0, 0.05) is 38.9 Å². The van der Waals surface area contributed by atoms with Crippen molar-refractivity contribution in [2.45, 2.75) is 62.1 Å². The molecule has 1 aromatic rings. The molecule has 2 N–H and O–H groups in total. The monoisotopic (exact) mass is 486 g/mol. The van der Waals surface area contributed by atoms with E-state index in [-0.39, 0.29) is 35.7 Å². The lowest BCUT2D eigenvalue weighted by Crippen LogP contribution is -2.55. The highest BCUT2D eigenvalue weighted by atomic mass is 16.5. The molecule has 194 valence electrons. The predicted octanol–water partition coefficient (Wildman–Crippen LogP) is 2.42. The normalized spacial score (nSPS) is 30.7. The SMILES string of the molecule is COCCCN1C(=O)N(CC(=O)NC[C@H]2C[C@@H](O)C2)C[C@]12CC[C@](c1ccccc1)(N(C)C)CC2. The fourth-order valence-electron chi connectivity index (χ4n) is 6.36. The number of aliphatic hydroxyl groups excluding tert-OH is 1. The zero-order valence-electron chi connectivity index (χ0n) is 21.5. The Kier molecular flexibility index (Phi) is 8.03. The summed E-state index contributed by atoms with van der Waals surface area (Å²) in [4.78, 5) is 32.3. The molecule has 1 spiro atoms. The molecule has 8 nitrogen and oxygen atoms in total. The number of amides is 3. The first kappa shape index (κ1) is 25.9. The minimum Gasteiger partial charge on any atom is -0.393 e. The van der Waals surface area contributed by atoms with Crippen LogP contribution in [-0.4, -0.2) is 97.4 Å². The third kappa shape index (κ3) is 5.34. The number of nitrogens with zero attached hydrogens (tertiary/aromatic N) is 3. The quantitative estimate of drug-likeness (QED) is 0.496. The molecule has 0 unspecified atom stereocenters. The summed E-state index contributed by atoms with van der Waals surface area (Å²) in [5, 5.41) is 12.4. The number of methoxy groups -OCH3 is 1. The molecule has 35 heavy (non-hydrogen) atoms. The van der Waals surface area contributed by atoms with Crippen molar-refractivity contribution in [1.82, 2.24) is 20.0 Å². The number of hydrogen-bond acceptors (Lipinski definition) is 5. The summed E-state index contributed by atoms with van der Waals surface area (Å²) in [5.41, 5.74) is 1.02. The van der Waals surface area contributed by atoms with Gasteiger partial charge in [-0.3, -0.25) is 9.69 Å². The number of rotatable bonds is 10. The molecule has 2 saturated carbocycles. The van der Waals surface area contributed by atoms with Crippen LogP contribution in [-0.2, 0) is 15.1 Å². The highest BCUT2D eigenvalue weighted by Crippen LogP contribution is 2.48. The Labute approximate surface area is 209 Å². The van der Waals surface area contributed by atoms with E-state index in [1.807, 2.05) is 4.90 Å². The van der Waals surface area contributed by atoms with E-state index in [9.17, 15) is 14.7 Å². The average Bonchev–Trinajstić information content (AvgIpc) is 3.07. The lowest BCUT2D eigenvalue weighted by molar-refractivity contribution is -0.122. The minimum atomic E-state index is -0.253. The number of hydrogen-bond donors (Lipinski definition) is 2. The van der Waals surface area contributed by atoms with Gasteiger partial charge in [0.25, 0.3) is 0 Å². The van der Waals surface area contributed by atoms with Crippen molar-refractivity contribution in [3.8, 4) is 0 Å². The minimum absolute atomic E-state index is 0.0348. The highest BCUT2D eigenvalue weighted by molar-refractivity contribution is 5.86. The maximum Gasteiger partial charge on any atom is 0.321 e. The van der Waals surface area contributed by atoms with Gasteiger partial charge in [-0.2, -0.15) is 0 Å². The molecule has 2 aliphatic carbocycles. The molecule has 0 bridgehead atoms. The van der Waals surface area contributed by atoms with Crippen LogP contribution in [0, 0.1) is 5.92 Å². The maximum atomic E-state index is 13.5. The van der Waals surface area contributed by atoms with Crippen molar-refractivity contribution >= 4 is 11.9 Å². The lowest BCUT2D eigenvalue weighted by atomic mass is 9.68. The molecule has 0 radical (unpaired) electrons. The van der Waals surface area contributed by atoms with Crippen LogP contribution in [0.5, 0.6) is 0 Å². The van der Waals surface area contributed by atoms with E-state index in [2.05, 4.69) is 54.6 Å². The van der Waals surface area contributed by atoms with Gasteiger partial charge in [-0.1, -0.05) is 30.3 Å². The Morgan fingerprint density at radius 1 is 1.17 bits per heavy atom. The third-order valence-electron chi connectivity index (χ3n) is 8.60. The van der Waals surface area contributed by atoms with Gasteiger partial charge in [-0.25, -0.2) is 4.79 Å². The average molecular weight is 487 g/mol. The van der Waals surface area contributed by atoms with E-state index in [0.717, 1.165) is 44.9 Å². The van der Waals surface area contributed by atoms with Crippen LogP contribution in [0.25, 0.3) is 0 Å². The summed E-state index contributed by atoms with van der Waals surface area (Å²) >= 11 is 0. The highest BCUT2D eigenvalue weighted by Gasteiger charge is 2.54. The molecule has 1 heterocycles. The number of carbonyl (C=O) groups is 2. The lowest BCUT2D eigenvalue weighted by Gasteiger charge is -2.51. The number of ether oxygens (including phenoxy) is 1. The van der Waals surface area contributed by atoms with Gasteiger partial charge >= 0.3 is 6.03 Å². The molecule has 0 aromatic heterocycles. The van der Waals surface area contributed by atoms with Crippen molar-refractivity contribution < 1.29 is 19.4 Å². The van der Waals surface area contributed by atoms with Gasteiger partial charge in [0.05, 0.1) is 11.6 Å². The fourth-order valence-corrected chi connectivity index (χ4v) is 6.36. The molecule has 3 amide bonds. The molecule has 3 fully saturated rings. The molecule has 8 heteroatoms. The maximum absolute atomic E-state index is 13.5. The van der Waals surface area contributed by atoms with Gasteiger partial charge in [-0.05, 0) is 70.5 Å². The van der Waals surface area contributed by atoms with Crippen molar-refractivity contribution in [2.24, 2.45) is 5.92 Å². The van der Waals surface area contributed by atoms with E-state index in [4.69, 9.17) is 4.74 Å². The van der Waals surface area contributed by atoms with Crippen LogP contribution in [0.1, 0.15) is 50.5 Å². The van der Waals surface area contributed by atoms with E-state index < -0.39 is 0 Å². The molecule has 3 aliphatic rings. The van der Waals surface area contributed by atoms with E-state index in [0.29, 0.717) is 32.2 Å². The van der Waals surface area contributed by atoms with Crippen LogP contribution >= 0.6 is 0 Å². The number of carbonyl (C=O) groups excluding carboxylic acids is 2. The van der Waals surface area contributed by atoms with Gasteiger partial charge in [0.15, 0.2) is 0 Å². The smallest absolute Gasteiger partial charge is 0.321 e. The number of nitrogens with one attached hydrogen (secondary N) is 1. The first-order valence-electron chi connectivity index (χ1n) is 13.0. The van der Waals surface area contributed by atoms with Gasteiger partial charge in [0.1, 0.15) is 6.54 Å². The van der Waals surface area contributed by atoms with Gasteiger partial charge < -0.3 is 25.0 Å². The van der Waals surface area contributed by atoms with Crippen LogP contribution in [0.4, 0.5) is 4.79 Å². The van der Waals surface area contributed by atoms with Crippen LogP contribution in [0.2, 0.25) is 0 Å². The van der Waals surface area contributed by atoms with Crippen molar-refractivity contribution in [2.75, 3.05) is 54.0 Å². The zero-order valence-corrected chi connectivity index (χ0v) is 21.5. The molecule has 4 rings (SSSR count). The summed E-state index contributed by atoms with van der Waals surface area (Å²) in [6, 6.07) is 10.7. The van der Waals surface area contributed by atoms with Crippen molar-refractivity contribution in [1.29, 1.82) is 0 Å². The third-order valence-corrected chi connectivity index (χ3v) is 8.60. The number of benzene rings is 1. The van der Waals surface area contributed by atoms with Gasteiger partial charge in [0.2, 0.25) is 5.91 Å². The first-order chi connectivity index (χ1) is 16.8. The van der Waals surface area contributed by atoms with Crippen molar-refractivity contribution in [3.05, 3.63) is 35.9 Å². The van der Waals surface area contributed by atoms with Gasteiger partial charge in [-0.15, -0.1) is 0 Å². The molecule has 0 atom stereocenters. The summed E-state index contributed by atoms with van der Waals surface area (Å²) in [6.07, 6.45) is 5.76. The van der Waals surface area contributed by atoms with E-state index in [1.54, 1.807) is 12.0 Å². The number of aliphatic hydroxyl groups is 1. The van der Waals surface area contributed by atoms with Crippen LogP contribution in [0.3, 0.4) is 0 Å². The zero-order chi connectivity index (χ0) is 25.1. The van der Waals surface area contributed by atoms with Crippen molar-refractivity contribution in [3.63, 3.8) is 0 Å². The first-order valence-corrected chi connectivity index (χ1v) is 13.0. The standard InChI is InChI=1S/C27H42N4O4/c1-29(2)27(22-8-5-4-6-9-22)12-10-26(11-13-27)20-30(25(34)31(26)14-7-15-35-3)19-24(33)28-18-21-16-23(32)17-21/h4-6,8-9,21,23,32H,7,10-20H2,1-3H3,(H,28,33)/t21-,23+,26-,27+. The summed E-state index contributed by atoms with van der Waals surface area (Å²) in [6.45, 7) is 2.51. The second-order valence-electron chi connectivity index (χ2n) is 10.9. The predicted molar refractivity (Wildman–Crippen MR) is 135 cm³/mol. The fraction of sp³-hybridized carbons (Fsp3) is 0.704. The van der Waals surface area contributed by atoms with Crippen LogP contribution < -0.4 is 5.32 Å². The topological polar surface area (TPSA) is 85.3 Å². The second-order valence-corrected chi connectivity index (χ2v) is 10.9. The Hall–Kier alpha value is -2.16. The molecule has 1 saturated heterocycles. The second kappa shape index (κ2) is 10.8. The largest absolute Gasteiger partial charge is 0.393 e. The Morgan fingerprint density at radius 3 is 2.46 bits per heavy atom. The molecule has 1 aromatic carbocycles. The van der Waals surface area contributed by atoms with E-state index >= 15 is 0 Å². The number of urea groups is 1. The summed E-state index contributed by atoms with van der Waals surface area (Å²) < 4.78 is 5.26. The van der Waals surface area contributed by atoms with E-state index in [1.165, 1.54) is 5.56 Å². The molecular formula is C27H42N4O4. The Morgan fingerprint density at radius 2 is 1.86 bits per heavy atom. The summed E-state index contributed by atoms with van der Waals surface area (Å²) in [5.74, 6) is 0.229. The molecule has 1 aliphatic heterocycles. The molecular weight excluding hydrogens is 444 g/mol. The Bertz CT molecular complexity index is 863.